The third-order valence-corrected chi connectivity index (χ3v) is 5.66. The molecule has 3 aromatic rings. The minimum absolute atomic E-state index is 0.0123. The highest BCUT2D eigenvalue weighted by Gasteiger charge is 2.59. The maximum atomic E-state index is 13.8. The first kappa shape index (κ1) is 21.2. The van der Waals surface area contributed by atoms with E-state index in [1.165, 1.54) is 19.1 Å². The molecule has 0 spiro atoms. The molecule has 3 aromatic carbocycles. The first-order valence-corrected chi connectivity index (χ1v) is 10.1. The van der Waals surface area contributed by atoms with Gasteiger partial charge in [-0.1, -0.05) is 36.4 Å². The van der Waals surface area contributed by atoms with Crippen molar-refractivity contribution >= 4 is 23.2 Å². The molecule has 1 aliphatic rings. The van der Waals surface area contributed by atoms with Crippen molar-refractivity contribution < 1.29 is 23.8 Å². The molecule has 0 aromatic heterocycles. The number of anilines is 2. The van der Waals surface area contributed by atoms with Crippen LogP contribution in [0.15, 0.2) is 72.8 Å². The highest BCUT2D eigenvalue weighted by Crippen LogP contribution is 2.48. The van der Waals surface area contributed by atoms with Crippen LogP contribution in [0.1, 0.15) is 12.0 Å². The van der Waals surface area contributed by atoms with Crippen molar-refractivity contribution in [1.82, 2.24) is 0 Å². The van der Waals surface area contributed by atoms with Crippen LogP contribution in [0.2, 0.25) is 0 Å². The Kier molecular flexibility index (Phi) is 5.73. The second-order valence-corrected chi connectivity index (χ2v) is 7.32. The second-order valence-electron chi connectivity index (χ2n) is 7.32. The molecule has 1 N–H and O–H groups in total. The lowest BCUT2D eigenvalue weighted by molar-refractivity contribution is -0.137. The Hall–Kier alpha value is -4.00. The maximum absolute atomic E-state index is 13.8. The first-order valence-electron chi connectivity index (χ1n) is 10.1. The molecule has 1 fully saturated rings. The molecule has 32 heavy (non-hydrogen) atoms. The topological polar surface area (TPSA) is 77.1 Å². The van der Waals surface area contributed by atoms with Crippen molar-refractivity contribution in [2.24, 2.45) is 0 Å². The van der Waals surface area contributed by atoms with Crippen LogP contribution in [0.5, 0.6) is 17.2 Å². The molecule has 4 rings (SSSR count). The smallest absolute Gasteiger partial charge is 0.256 e. The molecule has 7 heteroatoms. The Balaban J connectivity index is 1.83. The first-order chi connectivity index (χ1) is 15.5. The van der Waals surface area contributed by atoms with Crippen molar-refractivity contribution in [3.05, 3.63) is 78.4 Å². The molecular formula is C25H24N2O5. The van der Waals surface area contributed by atoms with Gasteiger partial charge in [0.25, 0.3) is 5.91 Å². The lowest BCUT2D eigenvalue weighted by Crippen LogP contribution is -2.67. The number of ether oxygens (including phenoxy) is 3. The summed E-state index contributed by atoms with van der Waals surface area (Å²) in [5.41, 5.74) is 0.444. The van der Waals surface area contributed by atoms with E-state index >= 15 is 0 Å². The Morgan fingerprint density at radius 1 is 0.844 bits per heavy atom. The van der Waals surface area contributed by atoms with Gasteiger partial charge in [0.2, 0.25) is 5.91 Å². The van der Waals surface area contributed by atoms with Crippen LogP contribution in [0, 0.1) is 0 Å². The number of para-hydroxylation sites is 4. The molecule has 0 aliphatic carbocycles. The third-order valence-electron chi connectivity index (χ3n) is 5.66. The van der Waals surface area contributed by atoms with Gasteiger partial charge in [-0.25, -0.2) is 0 Å². The van der Waals surface area contributed by atoms with E-state index in [0.29, 0.717) is 34.2 Å². The number of carbonyl (C=O) groups excluding carboxylic acids is 2. The predicted octanol–water partition coefficient (Wildman–Crippen LogP) is 3.98. The number of amides is 2. The van der Waals surface area contributed by atoms with E-state index in [9.17, 15) is 9.59 Å². The zero-order valence-electron chi connectivity index (χ0n) is 18.1. The van der Waals surface area contributed by atoms with Gasteiger partial charge < -0.3 is 19.5 Å². The van der Waals surface area contributed by atoms with Crippen LogP contribution < -0.4 is 24.4 Å². The summed E-state index contributed by atoms with van der Waals surface area (Å²) in [4.78, 5) is 28.3. The van der Waals surface area contributed by atoms with Crippen LogP contribution >= 0.6 is 0 Å². The molecule has 1 saturated heterocycles. The summed E-state index contributed by atoms with van der Waals surface area (Å²) in [5, 5.41) is 2.96. The van der Waals surface area contributed by atoms with Crippen LogP contribution in [-0.2, 0) is 15.1 Å². The average molecular weight is 432 g/mol. The summed E-state index contributed by atoms with van der Waals surface area (Å²) in [6.07, 6.45) is 0.0123. The number of nitrogens with one attached hydrogen (secondary N) is 1. The number of hydrogen-bond donors (Lipinski definition) is 1. The number of methoxy groups -OCH3 is 3. The van der Waals surface area contributed by atoms with Gasteiger partial charge in [-0.15, -0.1) is 0 Å². The van der Waals surface area contributed by atoms with Gasteiger partial charge in [-0.2, -0.15) is 0 Å². The third kappa shape index (κ3) is 3.41. The van der Waals surface area contributed by atoms with Crippen molar-refractivity contribution in [2.75, 3.05) is 31.5 Å². The van der Waals surface area contributed by atoms with Gasteiger partial charge >= 0.3 is 0 Å². The quantitative estimate of drug-likeness (QED) is 0.572. The SMILES string of the molecule is COc1ccc(C2(C(=O)Nc3ccccc3OC)CC(=O)N2c2ccccc2OC)cc1. The summed E-state index contributed by atoms with van der Waals surface area (Å²) in [7, 11) is 4.65. The molecule has 1 atom stereocenters. The van der Waals surface area contributed by atoms with E-state index in [-0.39, 0.29) is 18.2 Å². The lowest BCUT2D eigenvalue weighted by Gasteiger charge is -2.50. The molecular weight excluding hydrogens is 408 g/mol. The van der Waals surface area contributed by atoms with Gasteiger partial charge in [0.15, 0.2) is 5.54 Å². The van der Waals surface area contributed by atoms with Gasteiger partial charge in [0, 0.05) is 0 Å². The lowest BCUT2D eigenvalue weighted by atomic mass is 9.75. The van der Waals surface area contributed by atoms with Crippen LogP contribution in [0.25, 0.3) is 0 Å². The van der Waals surface area contributed by atoms with Gasteiger partial charge in [0.05, 0.1) is 39.1 Å². The van der Waals surface area contributed by atoms with Crippen molar-refractivity contribution in [3.8, 4) is 17.2 Å². The Morgan fingerprint density at radius 2 is 1.47 bits per heavy atom. The second kappa shape index (κ2) is 8.63. The Labute approximate surface area is 186 Å². The number of benzene rings is 3. The summed E-state index contributed by atoms with van der Waals surface area (Å²) >= 11 is 0. The molecule has 0 radical (unpaired) electrons. The fourth-order valence-corrected chi connectivity index (χ4v) is 4.04. The fourth-order valence-electron chi connectivity index (χ4n) is 4.04. The molecule has 0 bridgehead atoms. The van der Waals surface area contributed by atoms with Crippen molar-refractivity contribution in [2.45, 2.75) is 12.0 Å². The number of β-lactam (4-membered cyclic amide) rings is 1. The monoisotopic (exact) mass is 432 g/mol. The molecule has 1 aliphatic heterocycles. The number of hydrogen-bond acceptors (Lipinski definition) is 5. The van der Waals surface area contributed by atoms with E-state index in [4.69, 9.17) is 14.2 Å². The molecule has 164 valence electrons. The summed E-state index contributed by atoms with van der Waals surface area (Å²) in [6.45, 7) is 0. The highest BCUT2D eigenvalue weighted by atomic mass is 16.5. The maximum Gasteiger partial charge on any atom is 0.256 e. The largest absolute Gasteiger partial charge is 0.497 e. The molecule has 0 saturated carbocycles. The van der Waals surface area contributed by atoms with Crippen LogP contribution in [0.3, 0.4) is 0 Å². The molecule has 2 amide bonds. The van der Waals surface area contributed by atoms with Gasteiger partial charge in [-0.05, 0) is 42.0 Å². The van der Waals surface area contributed by atoms with Crippen LogP contribution in [0.4, 0.5) is 11.4 Å². The highest BCUT2D eigenvalue weighted by molar-refractivity contribution is 6.17. The van der Waals surface area contributed by atoms with Gasteiger partial charge in [0.1, 0.15) is 17.2 Å². The predicted molar refractivity (Wildman–Crippen MR) is 121 cm³/mol. The van der Waals surface area contributed by atoms with E-state index in [1.54, 1.807) is 61.7 Å². The van der Waals surface area contributed by atoms with E-state index in [1.807, 2.05) is 18.2 Å². The number of rotatable bonds is 7. The van der Waals surface area contributed by atoms with E-state index in [0.717, 1.165) is 0 Å². The number of carbonyl (C=O) groups is 2. The Morgan fingerprint density at radius 3 is 2.09 bits per heavy atom. The Bertz CT molecular complexity index is 1150. The summed E-state index contributed by atoms with van der Waals surface area (Å²) in [5.74, 6) is 1.16. The van der Waals surface area contributed by atoms with E-state index < -0.39 is 5.54 Å². The fraction of sp³-hybridized carbons (Fsp3) is 0.200. The average Bonchev–Trinajstić information content (AvgIpc) is 2.83. The van der Waals surface area contributed by atoms with Gasteiger partial charge in [-0.3, -0.25) is 14.5 Å². The standard InChI is InChI=1S/C25H24N2O5/c1-30-18-14-12-17(13-15-18)25(24(29)26-19-8-4-6-10-21(19)31-2)16-23(28)27(25)20-9-5-7-11-22(20)32-3/h4-15H,16H2,1-3H3,(H,26,29). The molecule has 1 heterocycles. The minimum Gasteiger partial charge on any atom is -0.497 e. The number of nitrogens with zero attached hydrogens (tertiary/aromatic N) is 1. The summed E-state index contributed by atoms with van der Waals surface area (Å²) < 4.78 is 16.1. The van der Waals surface area contributed by atoms with Crippen molar-refractivity contribution in [1.29, 1.82) is 0 Å². The van der Waals surface area contributed by atoms with Crippen molar-refractivity contribution in [3.63, 3.8) is 0 Å². The zero-order chi connectivity index (χ0) is 22.7. The summed E-state index contributed by atoms with van der Waals surface area (Å²) in [6, 6.07) is 21.5. The van der Waals surface area contributed by atoms with E-state index in [2.05, 4.69) is 5.32 Å². The zero-order valence-corrected chi connectivity index (χ0v) is 18.1. The minimum atomic E-state index is -1.27. The normalized spacial score (nSPS) is 17.3. The van der Waals surface area contributed by atoms with Crippen LogP contribution in [-0.4, -0.2) is 33.1 Å². The molecule has 7 nitrogen and oxygen atoms in total. The molecule has 1 unspecified atom stereocenters.